The first-order valence-corrected chi connectivity index (χ1v) is 25.9. The molecule has 2 heterocycles. The first-order chi connectivity index (χ1) is 36.4. The van der Waals surface area contributed by atoms with Gasteiger partial charge in [0.15, 0.2) is 11.2 Å². The van der Waals surface area contributed by atoms with E-state index in [1.165, 1.54) is 54.9 Å². The van der Waals surface area contributed by atoms with Crippen molar-refractivity contribution in [1.29, 1.82) is 0 Å². The molecule has 0 aliphatic rings. The van der Waals surface area contributed by atoms with Crippen LogP contribution in [0.1, 0.15) is 36.1 Å². The molecule has 0 spiro atoms. The molecule has 0 bridgehead atoms. The second-order valence-corrected chi connectivity index (χ2v) is 19.8. The monoisotopic (exact) mass is 952 g/mol. The van der Waals surface area contributed by atoms with Crippen LogP contribution in [-0.2, 0) is 12.8 Å². The highest BCUT2D eigenvalue weighted by Gasteiger charge is 2.27. The van der Waals surface area contributed by atoms with E-state index in [1.807, 2.05) is 0 Å². The number of para-hydroxylation sites is 4. The van der Waals surface area contributed by atoms with Crippen LogP contribution in [0.3, 0.4) is 0 Å². The van der Waals surface area contributed by atoms with Gasteiger partial charge in [-0.1, -0.05) is 184 Å². The van der Waals surface area contributed by atoms with Gasteiger partial charge in [0.05, 0.1) is 22.7 Å². The van der Waals surface area contributed by atoms with E-state index in [2.05, 4.69) is 256 Å². The van der Waals surface area contributed by atoms with Gasteiger partial charge in [0.1, 0.15) is 11.2 Å². The molecule has 4 heteroatoms. The second-order valence-electron chi connectivity index (χ2n) is 19.8. The lowest BCUT2D eigenvalue weighted by atomic mass is 9.91. The van der Waals surface area contributed by atoms with Crippen LogP contribution in [-0.4, -0.2) is 0 Å². The minimum absolute atomic E-state index is 0.853. The van der Waals surface area contributed by atoms with E-state index in [4.69, 9.17) is 8.83 Å². The van der Waals surface area contributed by atoms with Crippen molar-refractivity contribution < 1.29 is 8.83 Å². The van der Waals surface area contributed by atoms with E-state index in [0.717, 1.165) is 113 Å². The summed E-state index contributed by atoms with van der Waals surface area (Å²) in [6, 6.07) is 79.9. The Morgan fingerprint density at radius 3 is 1.07 bits per heavy atom. The first-order valence-electron chi connectivity index (χ1n) is 25.9. The fourth-order valence-corrected chi connectivity index (χ4v) is 11.9. The Labute approximate surface area is 430 Å². The SMILES string of the molecule is CCc1ccc(N(c2ccc3ccc4c(N(c5ccc(CC)cc5)c5cccc6c5oc5c(-c7ccccc7C)cccc56)ccc5ccc2c3c54)c2cccc3c2oc2c(-c4ccccc4C)cccc23)cc1. The molecule has 354 valence electrons. The topological polar surface area (TPSA) is 32.8 Å². The molecule has 0 fully saturated rings. The Hall–Kier alpha value is -9.12. The lowest BCUT2D eigenvalue weighted by molar-refractivity contribution is 0.670. The lowest BCUT2D eigenvalue weighted by Gasteiger charge is -2.29. The third-order valence-electron chi connectivity index (χ3n) is 15.7. The van der Waals surface area contributed by atoms with Crippen molar-refractivity contribution in [1.82, 2.24) is 0 Å². The molecule has 0 amide bonds. The Balaban J connectivity index is 1.00. The van der Waals surface area contributed by atoms with E-state index in [9.17, 15) is 0 Å². The van der Waals surface area contributed by atoms with Gasteiger partial charge in [-0.15, -0.1) is 0 Å². The smallest absolute Gasteiger partial charge is 0.159 e. The van der Waals surface area contributed by atoms with Gasteiger partial charge in [-0.2, -0.15) is 0 Å². The molecule has 12 aromatic carbocycles. The fourth-order valence-electron chi connectivity index (χ4n) is 11.9. The number of fused-ring (bicyclic) bond motifs is 6. The van der Waals surface area contributed by atoms with Crippen molar-refractivity contribution in [2.75, 3.05) is 9.80 Å². The van der Waals surface area contributed by atoms with Crippen LogP contribution in [0, 0.1) is 13.8 Å². The average molecular weight is 953 g/mol. The third-order valence-corrected chi connectivity index (χ3v) is 15.7. The number of hydrogen-bond donors (Lipinski definition) is 0. The summed E-state index contributed by atoms with van der Waals surface area (Å²) in [6.07, 6.45) is 1.92. The molecule has 4 nitrogen and oxygen atoms in total. The van der Waals surface area contributed by atoms with Crippen molar-refractivity contribution in [3.05, 3.63) is 241 Å². The molecular formula is C70H52N2O2. The van der Waals surface area contributed by atoms with Crippen LogP contribution < -0.4 is 9.80 Å². The van der Waals surface area contributed by atoms with Gasteiger partial charge in [-0.3, -0.25) is 0 Å². The Morgan fingerprint density at radius 1 is 0.297 bits per heavy atom. The molecule has 0 aliphatic carbocycles. The maximum absolute atomic E-state index is 7.19. The van der Waals surface area contributed by atoms with Gasteiger partial charge < -0.3 is 18.6 Å². The van der Waals surface area contributed by atoms with Crippen molar-refractivity contribution in [3.8, 4) is 22.3 Å². The van der Waals surface area contributed by atoms with E-state index in [-0.39, 0.29) is 0 Å². The van der Waals surface area contributed by atoms with Gasteiger partial charge in [-0.05, 0) is 130 Å². The van der Waals surface area contributed by atoms with Gasteiger partial charge >= 0.3 is 0 Å². The first kappa shape index (κ1) is 43.7. The van der Waals surface area contributed by atoms with Gasteiger partial charge in [0.2, 0.25) is 0 Å². The van der Waals surface area contributed by atoms with Gasteiger partial charge in [-0.25, -0.2) is 0 Å². The summed E-state index contributed by atoms with van der Waals surface area (Å²) in [5.41, 5.74) is 19.3. The van der Waals surface area contributed by atoms with Crippen molar-refractivity contribution in [3.63, 3.8) is 0 Å². The molecule has 0 aliphatic heterocycles. The predicted octanol–water partition coefficient (Wildman–Crippen LogP) is 20.4. The lowest BCUT2D eigenvalue weighted by Crippen LogP contribution is -2.12. The summed E-state index contributed by atoms with van der Waals surface area (Å²) >= 11 is 0. The van der Waals surface area contributed by atoms with Crippen molar-refractivity contribution >= 4 is 110 Å². The quantitative estimate of drug-likeness (QED) is 0.128. The zero-order valence-electron chi connectivity index (χ0n) is 41.9. The Bertz CT molecular complexity index is 4190. The normalized spacial score (nSPS) is 11.9. The minimum Gasteiger partial charge on any atom is -0.453 e. The van der Waals surface area contributed by atoms with Crippen LogP contribution >= 0.6 is 0 Å². The number of rotatable bonds is 10. The van der Waals surface area contributed by atoms with E-state index < -0.39 is 0 Å². The highest BCUT2D eigenvalue weighted by Crippen LogP contribution is 2.51. The molecule has 0 radical (unpaired) electrons. The molecule has 74 heavy (non-hydrogen) atoms. The number of anilines is 6. The Morgan fingerprint density at radius 2 is 0.662 bits per heavy atom. The van der Waals surface area contributed by atoms with Crippen LogP contribution in [0.5, 0.6) is 0 Å². The summed E-state index contributed by atoms with van der Waals surface area (Å²) in [7, 11) is 0. The molecule has 2 aromatic heterocycles. The van der Waals surface area contributed by atoms with Gasteiger partial charge in [0.25, 0.3) is 0 Å². The highest BCUT2D eigenvalue weighted by atomic mass is 16.3. The predicted molar refractivity (Wildman–Crippen MR) is 313 cm³/mol. The Kier molecular flexibility index (Phi) is 10.2. The van der Waals surface area contributed by atoms with Crippen LogP contribution in [0.15, 0.2) is 227 Å². The largest absolute Gasteiger partial charge is 0.453 e. The third kappa shape index (κ3) is 6.75. The summed E-state index contributed by atoms with van der Waals surface area (Å²) < 4.78 is 14.4. The van der Waals surface area contributed by atoms with Crippen molar-refractivity contribution in [2.45, 2.75) is 40.5 Å². The number of hydrogen-bond acceptors (Lipinski definition) is 4. The molecule has 14 aromatic rings. The van der Waals surface area contributed by atoms with Crippen LogP contribution in [0.2, 0.25) is 0 Å². The highest BCUT2D eigenvalue weighted by molar-refractivity contribution is 6.29. The van der Waals surface area contributed by atoms with E-state index in [0.29, 0.717) is 0 Å². The van der Waals surface area contributed by atoms with Gasteiger partial charge in [0, 0.05) is 54.8 Å². The van der Waals surface area contributed by atoms with Crippen LogP contribution in [0.25, 0.3) is 98.4 Å². The number of nitrogens with zero attached hydrogens (tertiary/aromatic N) is 2. The maximum Gasteiger partial charge on any atom is 0.159 e. The summed E-state index contributed by atoms with van der Waals surface area (Å²) in [4.78, 5) is 4.83. The maximum atomic E-state index is 7.19. The number of benzene rings is 12. The molecule has 0 saturated heterocycles. The standard InChI is InChI=1S/C70H52N2O2/c1-5-45-27-35-49(36-28-45)71(63-25-13-23-57-55-21-11-19-53(67(55)73-69(57)63)51-17-9-7-15-43(51)3)61-41-33-47-32-40-60-62(42-34-48-31-39-59(61)65(47)66(48)60)72(50-37-29-46(6-2)30-38-50)64-26-14-24-58-56-22-12-20-54(68(56)74-70(58)64)52-18-10-8-16-44(52)4/h7-42H,5-6H2,1-4H3. The zero-order valence-corrected chi connectivity index (χ0v) is 41.9. The second kappa shape index (κ2) is 17.3. The zero-order chi connectivity index (χ0) is 49.6. The van der Waals surface area contributed by atoms with E-state index in [1.54, 1.807) is 0 Å². The molecular weight excluding hydrogens is 901 g/mol. The fraction of sp³-hybridized carbons (Fsp3) is 0.0857. The number of aryl methyl sites for hydroxylation is 4. The summed E-state index contributed by atoms with van der Waals surface area (Å²) in [6.45, 7) is 8.77. The summed E-state index contributed by atoms with van der Waals surface area (Å²) in [5.74, 6) is 0. The average Bonchev–Trinajstić information content (AvgIpc) is 4.06. The molecule has 14 rings (SSSR count). The summed E-state index contributed by atoms with van der Waals surface area (Å²) in [5, 5.41) is 11.5. The molecule has 0 N–H and O–H groups in total. The molecule has 0 atom stereocenters. The molecule has 0 unspecified atom stereocenters. The van der Waals surface area contributed by atoms with Crippen molar-refractivity contribution in [2.24, 2.45) is 0 Å². The number of furan rings is 2. The van der Waals surface area contributed by atoms with Crippen LogP contribution in [0.4, 0.5) is 34.1 Å². The minimum atomic E-state index is 0.853. The molecule has 0 saturated carbocycles. The van der Waals surface area contributed by atoms with E-state index >= 15 is 0 Å².